The monoisotopic (exact) mass is 525 g/mol. The molecule has 0 heterocycles. The Labute approximate surface area is 217 Å². The molecule has 3 amide bonds. The number of unbranched alkanes of at least 4 members (excludes halogenated alkanes) is 1. The van der Waals surface area contributed by atoms with E-state index in [-0.39, 0.29) is 17.9 Å². The standard InChI is InChI=1S/C25H39N3O7S/c1-7-8-14-28(23(32)18(13-15-36-6)27-24(33)35-25(2,3)4)21(17-11-9-10-12-19(17)29)22(31)26-16-20(30)34-5/h9-12,18,21,29H,7-8,13-16H2,1-6H3,(H,26,31)(H,27,33). The molecule has 0 radical (unpaired) electrons. The number of hydrogen-bond acceptors (Lipinski definition) is 8. The highest BCUT2D eigenvalue weighted by Gasteiger charge is 2.37. The number of esters is 1. The molecule has 0 aliphatic heterocycles. The van der Waals surface area contributed by atoms with E-state index in [1.165, 1.54) is 29.8 Å². The van der Waals surface area contributed by atoms with E-state index in [9.17, 15) is 24.3 Å². The third-order valence-corrected chi connectivity index (χ3v) is 5.71. The summed E-state index contributed by atoms with van der Waals surface area (Å²) < 4.78 is 9.95. The van der Waals surface area contributed by atoms with Gasteiger partial charge in [-0.15, -0.1) is 0 Å². The Kier molecular flexibility index (Phi) is 13.1. The molecule has 0 aliphatic carbocycles. The van der Waals surface area contributed by atoms with Gasteiger partial charge >= 0.3 is 12.1 Å². The molecule has 0 aromatic heterocycles. The Balaban J connectivity index is 3.44. The Bertz CT molecular complexity index is 889. The Morgan fingerprint density at radius 3 is 2.39 bits per heavy atom. The van der Waals surface area contributed by atoms with E-state index >= 15 is 0 Å². The lowest BCUT2D eigenvalue weighted by Gasteiger charge is -2.34. The summed E-state index contributed by atoms with van der Waals surface area (Å²) in [6.07, 6.45) is 2.75. The first kappa shape index (κ1) is 31.1. The summed E-state index contributed by atoms with van der Waals surface area (Å²) in [5.74, 6) is -1.41. The molecule has 3 N–H and O–H groups in total. The predicted octanol–water partition coefficient (Wildman–Crippen LogP) is 3.00. The second-order valence-electron chi connectivity index (χ2n) is 9.12. The Hall–Kier alpha value is -2.95. The zero-order valence-electron chi connectivity index (χ0n) is 22.0. The number of amides is 3. The molecule has 1 rings (SSSR count). The lowest BCUT2D eigenvalue weighted by Crippen LogP contribution is -2.53. The number of benzene rings is 1. The highest BCUT2D eigenvalue weighted by Crippen LogP contribution is 2.30. The quantitative estimate of drug-likeness (QED) is 0.335. The molecule has 10 nitrogen and oxygen atoms in total. The molecule has 0 saturated carbocycles. The molecule has 1 aromatic carbocycles. The van der Waals surface area contributed by atoms with Crippen molar-refractivity contribution in [1.82, 2.24) is 15.5 Å². The number of methoxy groups -OCH3 is 1. The van der Waals surface area contributed by atoms with E-state index in [1.54, 1.807) is 39.0 Å². The molecule has 0 fully saturated rings. The first-order valence-electron chi connectivity index (χ1n) is 11.9. The maximum Gasteiger partial charge on any atom is 0.408 e. The normalized spacial score (nSPS) is 12.7. The number of para-hydroxylation sites is 1. The molecule has 11 heteroatoms. The van der Waals surface area contributed by atoms with Crippen LogP contribution in [0.25, 0.3) is 0 Å². The van der Waals surface area contributed by atoms with Gasteiger partial charge in [0.1, 0.15) is 30.0 Å². The minimum absolute atomic E-state index is 0.175. The average molecular weight is 526 g/mol. The maximum atomic E-state index is 13.9. The summed E-state index contributed by atoms with van der Waals surface area (Å²) >= 11 is 1.51. The molecule has 0 aliphatic rings. The number of carbonyl (C=O) groups is 4. The van der Waals surface area contributed by atoms with Gasteiger partial charge in [-0.1, -0.05) is 31.5 Å². The molecule has 202 valence electrons. The predicted molar refractivity (Wildman–Crippen MR) is 139 cm³/mol. The van der Waals surface area contributed by atoms with Crippen molar-refractivity contribution < 1.29 is 33.8 Å². The van der Waals surface area contributed by atoms with Crippen molar-refractivity contribution in [2.75, 3.05) is 32.2 Å². The molecular formula is C25H39N3O7S. The largest absolute Gasteiger partial charge is 0.508 e. The van der Waals surface area contributed by atoms with Crippen molar-refractivity contribution in [3.63, 3.8) is 0 Å². The molecule has 2 unspecified atom stereocenters. The van der Waals surface area contributed by atoms with Crippen LogP contribution in [0.5, 0.6) is 5.75 Å². The first-order valence-corrected chi connectivity index (χ1v) is 13.3. The van der Waals surface area contributed by atoms with E-state index < -0.39 is 48.1 Å². The van der Waals surface area contributed by atoms with Gasteiger partial charge in [0.2, 0.25) is 11.8 Å². The van der Waals surface area contributed by atoms with Crippen LogP contribution >= 0.6 is 11.8 Å². The molecular weight excluding hydrogens is 486 g/mol. The van der Waals surface area contributed by atoms with E-state index in [0.717, 1.165) is 6.42 Å². The highest BCUT2D eigenvalue weighted by molar-refractivity contribution is 7.98. The number of hydrogen-bond donors (Lipinski definition) is 3. The second-order valence-corrected chi connectivity index (χ2v) is 10.1. The van der Waals surface area contributed by atoms with Gasteiger partial charge in [0, 0.05) is 12.1 Å². The third kappa shape index (κ3) is 10.3. The van der Waals surface area contributed by atoms with Crippen LogP contribution in [0.1, 0.15) is 58.6 Å². The number of thioether (sulfide) groups is 1. The Morgan fingerprint density at radius 1 is 1.17 bits per heavy atom. The number of rotatable bonds is 13. The smallest absolute Gasteiger partial charge is 0.408 e. The molecule has 2 atom stereocenters. The average Bonchev–Trinajstić information content (AvgIpc) is 2.81. The van der Waals surface area contributed by atoms with Gasteiger partial charge in [0.15, 0.2) is 0 Å². The fourth-order valence-electron chi connectivity index (χ4n) is 3.34. The molecule has 1 aromatic rings. The minimum atomic E-state index is -1.24. The van der Waals surface area contributed by atoms with E-state index in [2.05, 4.69) is 15.4 Å². The van der Waals surface area contributed by atoms with Crippen molar-refractivity contribution in [3.05, 3.63) is 29.8 Å². The van der Waals surface area contributed by atoms with Gasteiger partial charge in [-0.2, -0.15) is 11.8 Å². The van der Waals surface area contributed by atoms with Crippen LogP contribution < -0.4 is 10.6 Å². The number of carbonyl (C=O) groups excluding carboxylic acids is 4. The summed E-state index contributed by atoms with van der Waals surface area (Å²) in [5, 5.41) is 15.7. The number of aromatic hydroxyl groups is 1. The minimum Gasteiger partial charge on any atom is -0.508 e. The fraction of sp³-hybridized carbons (Fsp3) is 0.600. The summed E-state index contributed by atoms with van der Waals surface area (Å²) in [5.41, 5.74) is -0.559. The van der Waals surface area contributed by atoms with Gasteiger partial charge in [-0.3, -0.25) is 14.4 Å². The van der Waals surface area contributed by atoms with E-state index in [4.69, 9.17) is 4.74 Å². The number of ether oxygens (including phenoxy) is 2. The van der Waals surface area contributed by atoms with Crippen LogP contribution in [0.2, 0.25) is 0 Å². The molecule has 0 bridgehead atoms. The number of phenolic OH excluding ortho intramolecular Hbond substituents is 1. The molecule has 36 heavy (non-hydrogen) atoms. The van der Waals surface area contributed by atoms with Crippen molar-refractivity contribution in [3.8, 4) is 5.75 Å². The summed E-state index contributed by atoms with van der Waals surface area (Å²) in [6, 6.07) is 4.00. The molecule has 0 spiro atoms. The summed E-state index contributed by atoms with van der Waals surface area (Å²) in [6.45, 7) is 6.89. The van der Waals surface area contributed by atoms with Crippen LogP contribution in [0.3, 0.4) is 0 Å². The van der Waals surface area contributed by atoms with Gasteiger partial charge in [0.25, 0.3) is 0 Å². The number of nitrogens with one attached hydrogen (secondary N) is 2. The zero-order chi connectivity index (χ0) is 27.3. The van der Waals surface area contributed by atoms with Crippen LogP contribution in [-0.2, 0) is 23.9 Å². The highest BCUT2D eigenvalue weighted by atomic mass is 32.2. The van der Waals surface area contributed by atoms with Crippen molar-refractivity contribution in [2.45, 2.75) is 64.6 Å². The third-order valence-electron chi connectivity index (χ3n) is 5.06. The van der Waals surface area contributed by atoms with Gasteiger partial charge in [-0.25, -0.2) is 4.79 Å². The SMILES string of the molecule is CCCCN(C(=O)C(CCSC)NC(=O)OC(C)(C)C)C(C(=O)NCC(=O)OC)c1ccccc1O. The lowest BCUT2D eigenvalue weighted by molar-refractivity contribution is -0.144. The van der Waals surface area contributed by atoms with Crippen LogP contribution in [0, 0.1) is 0 Å². The van der Waals surface area contributed by atoms with Crippen molar-refractivity contribution in [2.24, 2.45) is 0 Å². The van der Waals surface area contributed by atoms with E-state index in [1.807, 2.05) is 13.2 Å². The Morgan fingerprint density at radius 2 is 1.83 bits per heavy atom. The van der Waals surface area contributed by atoms with Crippen molar-refractivity contribution in [1.29, 1.82) is 0 Å². The number of phenols is 1. The van der Waals surface area contributed by atoms with Crippen LogP contribution in [0.4, 0.5) is 4.79 Å². The van der Waals surface area contributed by atoms with Crippen LogP contribution in [0.15, 0.2) is 24.3 Å². The number of nitrogens with zero attached hydrogens (tertiary/aromatic N) is 1. The second kappa shape index (κ2) is 15.2. The van der Waals surface area contributed by atoms with Gasteiger partial charge < -0.3 is 30.1 Å². The van der Waals surface area contributed by atoms with Crippen LogP contribution in [-0.4, -0.2) is 77.7 Å². The van der Waals surface area contributed by atoms with Gasteiger partial charge in [-0.05, 0) is 51.7 Å². The first-order chi connectivity index (χ1) is 16.9. The summed E-state index contributed by atoms with van der Waals surface area (Å²) in [4.78, 5) is 52.7. The number of alkyl carbamates (subject to hydrolysis) is 1. The van der Waals surface area contributed by atoms with Crippen molar-refractivity contribution >= 4 is 35.6 Å². The topological polar surface area (TPSA) is 134 Å². The summed E-state index contributed by atoms with van der Waals surface area (Å²) in [7, 11) is 1.20. The van der Waals surface area contributed by atoms with Gasteiger partial charge in [0.05, 0.1) is 7.11 Å². The lowest BCUT2D eigenvalue weighted by atomic mass is 10.0. The van der Waals surface area contributed by atoms with E-state index in [0.29, 0.717) is 18.6 Å². The maximum absolute atomic E-state index is 13.9. The zero-order valence-corrected chi connectivity index (χ0v) is 22.8. The fourth-order valence-corrected chi connectivity index (χ4v) is 3.81. The molecule has 0 saturated heterocycles.